The Morgan fingerprint density at radius 1 is 1.19 bits per heavy atom. The van der Waals surface area contributed by atoms with Crippen molar-refractivity contribution in [1.82, 2.24) is 15.3 Å². The molecule has 1 aromatic heterocycles. The second-order valence-corrected chi connectivity index (χ2v) is 7.31. The smallest absolute Gasteiger partial charge is 0.146 e. The largest absolute Gasteiger partial charge is 0.486 e. The number of ether oxygens (including phenoxy) is 1. The van der Waals surface area contributed by atoms with Gasteiger partial charge in [-0.2, -0.15) is 0 Å². The highest BCUT2D eigenvalue weighted by atomic mass is 35.5. The van der Waals surface area contributed by atoms with Crippen LogP contribution in [0.2, 0.25) is 5.02 Å². The van der Waals surface area contributed by atoms with Crippen molar-refractivity contribution in [1.29, 1.82) is 0 Å². The van der Waals surface area contributed by atoms with E-state index in [9.17, 15) is 0 Å². The topological polar surface area (TPSA) is 49.9 Å². The average Bonchev–Trinajstić information content (AvgIpc) is 3.05. The first-order valence-electron chi connectivity index (χ1n) is 9.07. The van der Waals surface area contributed by atoms with Gasteiger partial charge in [0, 0.05) is 5.02 Å². The van der Waals surface area contributed by atoms with Crippen LogP contribution in [0.1, 0.15) is 30.3 Å². The van der Waals surface area contributed by atoms with Gasteiger partial charge in [-0.25, -0.2) is 4.98 Å². The highest BCUT2D eigenvalue weighted by Crippen LogP contribution is 2.23. The molecule has 0 radical (unpaired) electrons. The summed E-state index contributed by atoms with van der Waals surface area (Å²) in [6.07, 6.45) is 2.25. The minimum Gasteiger partial charge on any atom is -0.486 e. The number of hydrogen-bond donors (Lipinski definition) is 2. The lowest BCUT2D eigenvalue weighted by Gasteiger charge is -2.12. The van der Waals surface area contributed by atoms with Gasteiger partial charge in [-0.1, -0.05) is 24.6 Å². The van der Waals surface area contributed by atoms with E-state index in [0.717, 1.165) is 35.6 Å². The minimum absolute atomic E-state index is 0.407. The molecule has 3 rings (SSSR count). The van der Waals surface area contributed by atoms with Crippen LogP contribution in [0.3, 0.4) is 0 Å². The number of fused-ring (bicyclic) bond motifs is 1. The molecule has 2 N–H and O–H groups in total. The number of rotatable bonds is 8. The van der Waals surface area contributed by atoms with E-state index in [0.29, 0.717) is 17.5 Å². The molecule has 0 saturated carbocycles. The number of imidazole rings is 1. The van der Waals surface area contributed by atoms with Crippen molar-refractivity contribution in [2.24, 2.45) is 5.92 Å². The van der Waals surface area contributed by atoms with Crippen LogP contribution in [0.15, 0.2) is 36.4 Å². The fourth-order valence-corrected chi connectivity index (χ4v) is 3.31. The van der Waals surface area contributed by atoms with Crippen LogP contribution in [0.5, 0.6) is 5.75 Å². The quantitative estimate of drug-likeness (QED) is 0.592. The molecule has 0 aliphatic carbocycles. The van der Waals surface area contributed by atoms with Crippen LogP contribution in [0, 0.1) is 12.8 Å². The van der Waals surface area contributed by atoms with Crippen molar-refractivity contribution in [2.45, 2.75) is 33.3 Å². The number of nitrogens with one attached hydrogen (secondary N) is 2. The summed E-state index contributed by atoms with van der Waals surface area (Å²) < 4.78 is 5.79. The zero-order valence-electron chi connectivity index (χ0n) is 15.6. The maximum Gasteiger partial charge on any atom is 0.146 e. The third-order valence-electron chi connectivity index (χ3n) is 4.72. The SMILES string of the molecule is CNCC(C)CCc1ccc2[nH]c(COc3ccc(Cl)cc3)nc2c1C. The van der Waals surface area contributed by atoms with E-state index in [4.69, 9.17) is 21.3 Å². The molecule has 0 aliphatic heterocycles. The minimum atomic E-state index is 0.407. The molecule has 5 heteroatoms. The van der Waals surface area contributed by atoms with E-state index in [1.807, 2.05) is 31.3 Å². The third-order valence-corrected chi connectivity index (χ3v) is 4.97. The summed E-state index contributed by atoms with van der Waals surface area (Å²) in [6, 6.07) is 11.7. The number of aromatic amines is 1. The molecule has 0 spiro atoms. The van der Waals surface area contributed by atoms with Crippen LogP contribution >= 0.6 is 11.6 Å². The number of halogens is 1. The molecular weight excluding hydrogens is 346 g/mol. The van der Waals surface area contributed by atoms with E-state index < -0.39 is 0 Å². The van der Waals surface area contributed by atoms with Gasteiger partial charge in [0.05, 0.1) is 11.0 Å². The average molecular weight is 372 g/mol. The third kappa shape index (κ3) is 4.57. The molecule has 3 aromatic rings. The second-order valence-electron chi connectivity index (χ2n) is 6.87. The Kier molecular flexibility index (Phi) is 6.17. The number of aryl methyl sites for hydroxylation is 2. The molecule has 1 unspecified atom stereocenters. The zero-order chi connectivity index (χ0) is 18.5. The van der Waals surface area contributed by atoms with Crippen LogP contribution < -0.4 is 10.1 Å². The van der Waals surface area contributed by atoms with E-state index in [1.54, 1.807) is 0 Å². The van der Waals surface area contributed by atoms with Gasteiger partial charge in [0.25, 0.3) is 0 Å². The second kappa shape index (κ2) is 8.56. The molecule has 2 aromatic carbocycles. The molecule has 0 saturated heterocycles. The zero-order valence-corrected chi connectivity index (χ0v) is 16.4. The summed E-state index contributed by atoms with van der Waals surface area (Å²) in [7, 11) is 2.01. The molecule has 4 nitrogen and oxygen atoms in total. The van der Waals surface area contributed by atoms with Gasteiger partial charge in [-0.3, -0.25) is 0 Å². The summed E-state index contributed by atoms with van der Waals surface area (Å²) in [5.41, 5.74) is 4.73. The molecule has 1 heterocycles. The standard InChI is InChI=1S/C21H26ClN3O/c1-14(12-23-3)4-5-16-6-11-19-21(15(16)2)25-20(24-19)13-26-18-9-7-17(22)8-10-18/h6-11,14,23H,4-5,12-13H2,1-3H3,(H,24,25). The molecule has 0 aliphatic rings. The van der Waals surface area contributed by atoms with Crippen molar-refractivity contribution < 1.29 is 4.74 Å². The molecule has 0 amide bonds. The van der Waals surface area contributed by atoms with Crippen molar-refractivity contribution >= 4 is 22.6 Å². The maximum absolute atomic E-state index is 5.90. The van der Waals surface area contributed by atoms with Gasteiger partial charge < -0.3 is 15.0 Å². The van der Waals surface area contributed by atoms with Gasteiger partial charge in [-0.05, 0) is 80.7 Å². The normalized spacial score (nSPS) is 12.5. The first-order valence-corrected chi connectivity index (χ1v) is 9.44. The van der Waals surface area contributed by atoms with Crippen LogP contribution in [0.4, 0.5) is 0 Å². The maximum atomic E-state index is 5.90. The van der Waals surface area contributed by atoms with E-state index in [2.05, 4.69) is 36.3 Å². The number of aromatic nitrogens is 2. The fraction of sp³-hybridized carbons (Fsp3) is 0.381. The number of H-pyrrole nitrogens is 1. The number of benzene rings is 2. The monoisotopic (exact) mass is 371 g/mol. The first kappa shape index (κ1) is 18.7. The van der Waals surface area contributed by atoms with E-state index in [1.165, 1.54) is 17.5 Å². The summed E-state index contributed by atoms with van der Waals surface area (Å²) in [5, 5.41) is 3.95. The predicted octanol–water partition coefficient (Wildman–Crippen LogP) is 4.89. The van der Waals surface area contributed by atoms with Gasteiger partial charge >= 0.3 is 0 Å². The molecule has 138 valence electrons. The summed E-state index contributed by atoms with van der Waals surface area (Å²) in [6.45, 7) is 5.90. The van der Waals surface area contributed by atoms with Gasteiger partial charge in [0.2, 0.25) is 0 Å². The van der Waals surface area contributed by atoms with Gasteiger partial charge in [0.15, 0.2) is 0 Å². The van der Waals surface area contributed by atoms with E-state index in [-0.39, 0.29) is 0 Å². The molecular formula is C21H26ClN3O. The summed E-state index contributed by atoms with van der Waals surface area (Å²) in [5.74, 6) is 2.28. The Morgan fingerprint density at radius 3 is 2.69 bits per heavy atom. The summed E-state index contributed by atoms with van der Waals surface area (Å²) in [4.78, 5) is 8.11. The van der Waals surface area contributed by atoms with Crippen molar-refractivity contribution in [3.8, 4) is 5.75 Å². The van der Waals surface area contributed by atoms with Crippen LogP contribution in [0.25, 0.3) is 11.0 Å². The van der Waals surface area contributed by atoms with Crippen molar-refractivity contribution in [3.63, 3.8) is 0 Å². The van der Waals surface area contributed by atoms with Crippen molar-refractivity contribution in [2.75, 3.05) is 13.6 Å². The van der Waals surface area contributed by atoms with Crippen molar-refractivity contribution in [3.05, 3.63) is 58.4 Å². The molecule has 26 heavy (non-hydrogen) atoms. The first-order chi connectivity index (χ1) is 12.6. The lowest BCUT2D eigenvalue weighted by atomic mass is 9.97. The highest BCUT2D eigenvalue weighted by Gasteiger charge is 2.11. The predicted molar refractivity (Wildman–Crippen MR) is 108 cm³/mol. The Hall–Kier alpha value is -2.04. The molecule has 1 atom stereocenters. The summed E-state index contributed by atoms with van der Waals surface area (Å²) >= 11 is 5.90. The molecule has 0 bridgehead atoms. The molecule has 0 fully saturated rings. The number of hydrogen-bond acceptors (Lipinski definition) is 3. The van der Waals surface area contributed by atoms with Gasteiger partial charge in [0.1, 0.15) is 18.2 Å². The van der Waals surface area contributed by atoms with Crippen LogP contribution in [-0.2, 0) is 13.0 Å². The Labute approximate surface area is 159 Å². The fourth-order valence-electron chi connectivity index (χ4n) is 3.18. The Balaban J connectivity index is 1.69. The lowest BCUT2D eigenvalue weighted by molar-refractivity contribution is 0.297. The lowest BCUT2D eigenvalue weighted by Crippen LogP contribution is -2.16. The van der Waals surface area contributed by atoms with Gasteiger partial charge in [-0.15, -0.1) is 0 Å². The highest BCUT2D eigenvalue weighted by molar-refractivity contribution is 6.30. The Morgan fingerprint density at radius 2 is 1.96 bits per heavy atom. The van der Waals surface area contributed by atoms with E-state index >= 15 is 0 Å². The van der Waals surface area contributed by atoms with Crippen LogP contribution in [-0.4, -0.2) is 23.6 Å². The Bertz CT molecular complexity index is 858. The number of nitrogens with zero attached hydrogens (tertiary/aromatic N) is 1.